The molecule has 4 aromatic rings. The lowest BCUT2D eigenvalue weighted by Gasteiger charge is -2.44. The molecule has 3 saturated heterocycles. The third kappa shape index (κ3) is 5.16. The molecule has 2 N–H and O–H groups in total. The quantitative estimate of drug-likeness (QED) is 0.242. The van der Waals surface area contributed by atoms with Crippen molar-refractivity contribution in [2.75, 3.05) is 37.7 Å². The standard InChI is InChI=1S/C37H41F3N6O3/c1-3-27-28-17-48-35-30-33(31(40)32(42-35)25-13-23(47)12-21-7-8-26(39)24(29(21)25)11-20-5-6-20)43-36(44-34(30)46(28)15-19(2)41-27)49-18-37-9-4-10-45(37)16-22(38)14-37/h7-8,12-13,19-20,22,27-28,41,47H,3-6,9-11,14-18H2,1-2H3/t19-,22-,27+,28-,37+/m1/s1. The highest BCUT2D eigenvalue weighted by atomic mass is 19.1. The van der Waals surface area contributed by atoms with E-state index in [4.69, 9.17) is 19.4 Å². The minimum absolute atomic E-state index is 0.00847. The number of piperazine rings is 1. The number of nitrogens with zero attached hydrogens (tertiary/aromatic N) is 5. The minimum atomic E-state index is -0.919. The Kier molecular flexibility index (Phi) is 7.35. The van der Waals surface area contributed by atoms with E-state index in [1.807, 2.05) is 0 Å². The van der Waals surface area contributed by atoms with E-state index in [1.165, 1.54) is 12.1 Å². The molecule has 5 atom stereocenters. The number of benzene rings is 2. The van der Waals surface area contributed by atoms with Crippen molar-refractivity contribution in [3.8, 4) is 28.9 Å². The largest absolute Gasteiger partial charge is 0.508 e. The second-order valence-electron chi connectivity index (χ2n) is 14.9. The minimum Gasteiger partial charge on any atom is -0.508 e. The van der Waals surface area contributed by atoms with Crippen molar-refractivity contribution in [1.29, 1.82) is 0 Å². The number of ether oxygens (including phenoxy) is 2. The summed E-state index contributed by atoms with van der Waals surface area (Å²) >= 11 is 0. The van der Waals surface area contributed by atoms with Gasteiger partial charge in [0.05, 0.1) is 11.6 Å². The molecular formula is C37H41F3N6O3. The average molecular weight is 675 g/mol. The Morgan fingerprint density at radius 1 is 1.12 bits per heavy atom. The van der Waals surface area contributed by atoms with Gasteiger partial charge in [-0.25, -0.2) is 18.2 Å². The summed E-state index contributed by atoms with van der Waals surface area (Å²) in [6, 6.07) is 6.11. The van der Waals surface area contributed by atoms with Crippen LogP contribution in [0.2, 0.25) is 0 Å². The number of hydrogen-bond donors (Lipinski definition) is 2. The van der Waals surface area contributed by atoms with E-state index in [2.05, 4.69) is 33.9 Å². The number of nitrogens with one attached hydrogen (secondary N) is 1. The Bertz CT molecular complexity index is 1980. The zero-order chi connectivity index (χ0) is 33.6. The number of pyridine rings is 1. The molecule has 258 valence electrons. The van der Waals surface area contributed by atoms with Crippen LogP contribution in [0.3, 0.4) is 0 Å². The van der Waals surface area contributed by atoms with Gasteiger partial charge in [-0.15, -0.1) is 0 Å². The number of phenolic OH excluding ortho intramolecular Hbond substituents is 1. The summed E-state index contributed by atoms with van der Waals surface area (Å²) in [6.45, 7) is 6.49. The maximum atomic E-state index is 17.3. The lowest BCUT2D eigenvalue weighted by atomic mass is 9.93. The molecule has 6 heterocycles. The fourth-order valence-corrected chi connectivity index (χ4v) is 8.98. The van der Waals surface area contributed by atoms with Crippen molar-refractivity contribution >= 4 is 27.5 Å². The molecule has 0 amide bonds. The number of rotatable bonds is 7. The van der Waals surface area contributed by atoms with E-state index in [0.29, 0.717) is 59.4 Å². The van der Waals surface area contributed by atoms with Gasteiger partial charge in [-0.05, 0) is 92.4 Å². The Morgan fingerprint density at radius 2 is 1.98 bits per heavy atom. The van der Waals surface area contributed by atoms with Crippen LogP contribution in [0.5, 0.6) is 17.6 Å². The molecular weight excluding hydrogens is 633 g/mol. The Hall–Kier alpha value is -3.90. The summed E-state index contributed by atoms with van der Waals surface area (Å²) in [7, 11) is 0. The zero-order valence-corrected chi connectivity index (χ0v) is 27.8. The van der Waals surface area contributed by atoms with Crippen molar-refractivity contribution in [3.05, 3.63) is 41.5 Å². The maximum Gasteiger partial charge on any atom is 0.319 e. The van der Waals surface area contributed by atoms with Crippen molar-refractivity contribution in [2.24, 2.45) is 5.92 Å². The molecule has 1 aliphatic carbocycles. The molecule has 0 unspecified atom stereocenters. The molecule has 0 spiro atoms. The molecule has 12 heteroatoms. The van der Waals surface area contributed by atoms with E-state index in [-0.39, 0.29) is 71.6 Å². The van der Waals surface area contributed by atoms with E-state index >= 15 is 8.78 Å². The van der Waals surface area contributed by atoms with Crippen molar-refractivity contribution in [1.82, 2.24) is 25.2 Å². The fourth-order valence-electron chi connectivity index (χ4n) is 8.98. The lowest BCUT2D eigenvalue weighted by Crippen LogP contribution is -2.63. The summed E-state index contributed by atoms with van der Waals surface area (Å²) in [5.41, 5.74) is 0.214. The highest BCUT2D eigenvalue weighted by molar-refractivity contribution is 6.03. The van der Waals surface area contributed by atoms with Crippen LogP contribution >= 0.6 is 0 Å². The normalized spacial score (nSPS) is 28.1. The first-order valence-corrected chi connectivity index (χ1v) is 17.7. The number of aromatic hydroxyl groups is 1. The number of fused-ring (bicyclic) bond motifs is 4. The van der Waals surface area contributed by atoms with Crippen LogP contribution < -0.4 is 19.7 Å². The molecule has 2 aromatic carbocycles. The van der Waals surface area contributed by atoms with Crippen molar-refractivity contribution in [2.45, 2.75) is 88.6 Å². The van der Waals surface area contributed by atoms with Crippen LogP contribution in [0.15, 0.2) is 24.3 Å². The topological polar surface area (TPSA) is 95.9 Å². The summed E-state index contributed by atoms with van der Waals surface area (Å²) in [6.07, 6.45) is 4.62. The van der Waals surface area contributed by atoms with Crippen molar-refractivity contribution in [3.63, 3.8) is 0 Å². The van der Waals surface area contributed by atoms with Gasteiger partial charge in [0.1, 0.15) is 53.4 Å². The predicted molar refractivity (Wildman–Crippen MR) is 180 cm³/mol. The molecule has 49 heavy (non-hydrogen) atoms. The maximum absolute atomic E-state index is 17.3. The van der Waals surface area contributed by atoms with E-state index in [9.17, 15) is 9.50 Å². The lowest BCUT2D eigenvalue weighted by molar-refractivity contribution is 0.107. The SMILES string of the molecule is CC[C@@H]1N[C@H](C)CN2c3nc(OC[C@@]45CCCN4C[C@H](F)C5)nc4c(F)c(-c5cc(O)cc6ccc(F)c(CC7CC7)c56)nc(c34)OC[C@H]12. The van der Waals surface area contributed by atoms with Crippen LogP contribution in [0.4, 0.5) is 19.0 Å². The molecule has 5 aliphatic rings. The Labute approximate surface area is 282 Å². The Morgan fingerprint density at radius 3 is 2.80 bits per heavy atom. The van der Waals surface area contributed by atoms with Crippen LogP contribution in [0, 0.1) is 17.6 Å². The summed E-state index contributed by atoms with van der Waals surface area (Å²) in [4.78, 5) is 18.7. The Balaban J connectivity index is 1.24. The molecule has 4 fully saturated rings. The molecule has 0 radical (unpaired) electrons. The first kappa shape index (κ1) is 31.1. The number of halogens is 3. The first-order chi connectivity index (χ1) is 23.7. The smallest absolute Gasteiger partial charge is 0.319 e. The summed E-state index contributed by atoms with van der Waals surface area (Å²) in [5, 5.41) is 16.0. The van der Waals surface area contributed by atoms with Gasteiger partial charge < -0.3 is 24.8 Å². The highest BCUT2D eigenvalue weighted by Crippen LogP contribution is 2.46. The molecule has 2 aromatic heterocycles. The zero-order valence-electron chi connectivity index (χ0n) is 27.8. The van der Waals surface area contributed by atoms with Gasteiger partial charge in [-0.2, -0.15) is 9.97 Å². The van der Waals surface area contributed by atoms with Crippen LogP contribution in [0.25, 0.3) is 32.9 Å². The van der Waals surface area contributed by atoms with Gasteiger partial charge in [0.25, 0.3) is 0 Å². The second-order valence-corrected chi connectivity index (χ2v) is 14.9. The van der Waals surface area contributed by atoms with Crippen molar-refractivity contribution < 1.29 is 27.8 Å². The molecule has 1 saturated carbocycles. The van der Waals surface area contributed by atoms with Gasteiger partial charge in [0, 0.05) is 37.2 Å². The van der Waals surface area contributed by atoms with Gasteiger partial charge in [-0.1, -0.05) is 13.0 Å². The summed E-state index contributed by atoms with van der Waals surface area (Å²) in [5.74, 6) is -0.158. The second kappa shape index (κ2) is 11.6. The van der Waals surface area contributed by atoms with E-state index in [1.54, 1.807) is 12.1 Å². The third-order valence-electron chi connectivity index (χ3n) is 11.5. The average Bonchev–Trinajstić information content (AvgIpc) is 3.77. The van der Waals surface area contributed by atoms with Gasteiger partial charge in [0.15, 0.2) is 5.82 Å². The summed E-state index contributed by atoms with van der Waals surface area (Å²) < 4.78 is 60.1. The third-order valence-corrected chi connectivity index (χ3v) is 11.5. The number of aromatic nitrogens is 3. The predicted octanol–water partition coefficient (Wildman–Crippen LogP) is 6.07. The van der Waals surface area contributed by atoms with E-state index in [0.717, 1.165) is 38.6 Å². The highest BCUT2D eigenvalue weighted by Gasteiger charge is 2.49. The first-order valence-electron chi connectivity index (χ1n) is 17.7. The molecule has 0 bridgehead atoms. The van der Waals surface area contributed by atoms with Gasteiger partial charge in [-0.3, -0.25) is 4.90 Å². The number of anilines is 1. The number of phenols is 1. The van der Waals surface area contributed by atoms with E-state index < -0.39 is 17.5 Å². The molecule has 4 aliphatic heterocycles. The van der Waals surface area contributed by atoms with Crippen LogP contribution in [-0.2, 0) is 6.42 Å². The molecule has 9 rings (SSSR count). The van der Waals surface area contributed by atoms with Crippen LogP contribution in [-0.4, -0.2) is 87.6 Å². The monoisotopic (exact) mass is 674 g/mol. The fraction of sp³-hybridized carbons (Fsp3) is 0.541. The van der Waals surface area contributed by atoms with Crippen LogP contribution in [0.1, 0.15) is 57.9 Å². The number of hydrogen-bond acceptors (Lipinski definition) is 9. The number of alkyl halides is 1. The molecule has 9 nitrogen and oxygen atoms in total. The van der Waals surface area contributed by atoms with Gasteiger partial charge in [0.2, 0.25) is 5.88 Å². The van der Waals surface area contributed by atoms with Gasteiger partial charge >= 0.3 is 6.01 Å².